The second-order valence-corrected chi connectivity index (χ2v) is 15.2. The molecule has 4 saturated carbocycles. The minimum absolute atomic E-state index is 0.0225. The molecule has 0 radical (unpaired) electrons. The van der Waals surface area contributed by atoms with Crippen LogP contribution in [0.25, 0.3) is 0 Å². The lowest BCUT2D eigenvalue weighted by molar-refractivity contribution is -0.0418. The predicted octanol–water partition coefficient (Wildman–Crippen LogP) is 13.0. The van der Waals surface area contributed by atoms with Gasteiger partial charge in [-0.1, -0.05) is 97.1 Å². The number of anilines is 6. The van der Waals surface area contributed by atoms with E-state index >= 15 is 0 Å². The summed E-state index contributed by atoms with van der Waals surface area (Å²) in [6.07, 6.45) is 6.87. The van der Waals surface area contributed by atoms with Crippen LogP contribution in [0.1, 0.15) is 54.4 Å². The van der Waals surface area contributed by atoms with Gasteiger partial charge in [0.15, 0.2) is 0 Å². The first-order valence-corrected chi connectivity index (χ1v) is 18.6. The number of rotatable bonds is 8. The zero-order valence-corrected chi connectivity index (χ0v) is 29.3. The van der Waals surface area contributed by atoms with Gasteiger partial charge in [0.1, 0.15) is 0 Å². The second kappa shape index (κ2) is 12.7. The Morgan fingerprint density at radius 1 is 0.400 bits per heavy atom. The number of nitrogens with zero attached hydrogens (tertiary/aromatic N) is 2. The number of para-hydroxylation sites is 4. The van der Waals surface area contributed by atoms with E-state index in [1.165, 1.54) is 88.5 Å². The first-order valence-electron chi connectivity index (χ1n) is 18.6. The molecule has 0 aliphatic heterocycles. The predicted molar refractivity (Wildman–Crippen MR) is 210 cm³/mol. The van der Waals surface area contributed by atoms with E-state index in [4.69, 9.17) is 0 Å². The fraction of sp³-hybridized carbons (Fsp3) is 0.250. The van der Waals surface area contributed by atoms with Crippen LogP contribution in [0.5, 0.6) is 0 Å². The van der Waals surface area contributed by atoms with E-state index < -0.39 is 0 Å². The lowest BCUT2D eigenvalue weighted by atomic mass is 9.42. The molecule has 0 aromatic heterocycles. The van der Waals surface area contributed by atoms with Crippen molar-refractivity contribution in [3.8, 4) is 0 Å². The second-order valence-electron chi connectivity index (χ2n) is 15.2. The third kappa shape index (κ3) is 5.16. The smallest absolute Gasteiger partial charge is 0.0490 e. The Morgan fingerprint density at radius 2 is 0.720 bits per heavy atom. The molecule has 0 N–H and O–H groups in total. The van der Waals surface area contributed by atoms with Gasteiger partial charge in [0.25, 0.3) is 0 Å². The van der Waals surface area contributed by atoms with Gasteiger partial charge in [-0.05, 0) is 153 Å². The van der Waals surface area contributed by atoms with E-state index in [9.17, 15) is 0 Å². The number of hydrogen-bond acceptors (Lipinski definition) is 2. The summed E-state index contributed by atoms with van der Waals surface area (Å²) in [5.41, 5.74) is 13.0. The quantitative estimate of drug-likeness (QED) is 0.162. The average molecular weight is 651 g/mol. The normalized spacial score (nSPS) is 21.6. The molecule has 0 atom stereocenters. The molecular weight excluding hydrogens is 605 g/mol. The van der Waals surface area contributed by atoms with Crippen molar-refractivity contribution < 1.29 is 0 Å². The van der Waals surface area contributed by atoms with Gasteiger partial charge in [-0.2, -0.15) is 0 Å². The molecule has 4 aliphatic rings. The van der Waals surface area contributed by atoms with Crippen LogP contribution in [-0.2, 0) is 5.41 Å². The Kier molecular flexibility index (Phi) is 7.84. The Balaban J connectivity index is 1.18. The average Bonchev–Trinajstić information content (AvgIpc) is 3.15. The summed E-state index contributed by atoms with van der Waals surface area (Å²) in [5, 5.41) is 0. The Labute approximate surface area is 298 Å². The fourth-order valence-corrected chi connectivity index (χ4v) is 10.5. The molecule has 4 aliphatic carbocycles. The maximum atomic E-state index is 2.57. The largest absolute Gasteiger partial charge is 0.310 e. The molecule has 0 amide bonds. The zero-order valence-electron chi connectivity index (χ0n) is 29.3. The van der Waals surface area contributed by atoms with Gasteiger partial charge in [-0.25, -0.2) is 0 Å². The Hall–Kier alpha value is -5.08. The number of aryl methyl sites for hydroxylation is 2. The fourth-order valence-electron chi connectivity index (χ4n) is 10.5. The van der Waals surface area contributed by atoms with Crippen LogP contribution in [0.4, 0.5) is 34.1 Å². The molecule has 4 bridgehead atoms. The van der Waals surface area contributed by atoms with Crippen molar-refractivity contribution in [3.63, 3.8) is 0 Å². The monoisotopic (exact) mass is 650 g/mol. The van der Waals surface area contributed by atoms with E-state index in [2.05, 4.69) is 181 Å². The molecule has 4 fully saturated rings. The highest BCUT2D eigenvalue weighted by Crippen LogP contribution is 2.65. The van der Waals surface area contributed by atoms with E-state index in [1.807, 2.05) is 0 Å². The van der Waals surface area contributed by atoms with E-state index in [-0.39, 0.29) is 5.41 Å². The highest BCUT2D eigenvalue weighted by molar-refractivity contribution is 5.80. The van der Waals surface area contributed by atoms with Gasteiger partial charge in [0.05, 0.1) is 0 Å². The molecule has 10 rings (SSSR count). The van der Waals surface area contributed by atoms with Crippen molar-refractivity contribution >= 4 is 34.1 Å². The minimum Gasteiger partial charge on any atom is -0.310 e. The Bertz CT molecular complexity index is 1850. The van der Waals surface area contributed by atoms with E-state index in [0.29, 0.717) is 11.8 Å². The van der Waals surface area contributed by atoms with Crippen molar-refractivity contribution in [2.75, 3.05) is 9.80 Å². The van der Waals surface area contributed by atoms with Crippen molar-refractivity contribution in [1.82, 2.24) is 0 Å². The molecule has 248 valence electrons. The maximum absolute atomic E-state index is 2.57. The Morgan fingerprint density at radius 3 is 1.02 bits per heavy atom. The first kappa shape index (κ1) is 30.9. The highest BCUT2D eigenvalue weighted by atomic mass is 15.1. The van der Waals surface area contributed by atoms with Gasteiger partial charge in [-0.3, -0.25) is 0 Å². The molecule has 0 spiro atoms. The highest BCUT2D eigenvalue weighted by Gasteiger charge is 2.58. The topological polar surface area (TPSA) is 6.48 Å². The van der Waals surface area contributed by atoms with Crippen LogP contribution in [-0.4, -0.2) is 0 Å². The molecule has 50 heavy (non-hydrogen) atoms. The standard InChI is InChI=1S/C48H46N2/c1-34-27-38(23-25-46(34)49(42-15-7-3-8-16-42)43-17-9-4-10-18-43)48(40-30-36-29-37(32-40)33-41(48)31-36)39-24-26-47(35(2)28-39)50(44-19-11-5-12-20-44)45-21-13-6-14-22-45/h3-28,36-37,40-41H,29-33H2,1-2H3. The van der Waals surface area contributed by atoms with Crippen LogP contribution in [0, 0.1) is 37.5 Å². The molecule has 6 aromatic rings. The van der Waals surface area contributed by atoms with Crippen LogP contribution < -0.4 is 9.80 Å². The first-order chi connectivity index (χ1) is 24.6. The van der Waals surface area contributed by atoms with Crippen molar-refractivity contribution in [1.29, 1.82) is 0 Å². The lowest BCUT2D eigenvalue weighted by Crippen LogP contribution is -2.56. The molecule has 0 unspecified atom stereocenters. The van der Waals surface area contributed by atoms with Gasteiger partial charge in [0.2, 0.25) is 0 Å². The van der Waals surface area contributed by atoms with Gasteiger partial charge >= 0.3 is 0 Å². The summed E-state index contributed by atoms with van der Waals surface area (Å²) in [7, 11) is 0. The van der Waals surface area contributed by atoms with Crippen LogP contribution in [0.3, 0.4) is 0 Å². The van der Waals surface area contributed by atoms with Crippen molar-refractivity contribution in [2.24, 2.45) is 23.7 Å². The molecular formula is C48H46N2. The van der Waals surface area contributed by atoms with Crippen LogP contribution in [0.15, 0.2) is 158 Å². The van der Waals surface area contributed by atoms with E-state index in [0.717, 1.165) is 11.8 Å². The summed E-state index contributed by atoms with van der Waals surface area (Å²) in [6.45, 7) is 4.65. The number of hydrogen-bond donors (Lipinski definition) is 0. The lowest BCUT2D eigenvalue weighted by Gasteiger charge is -2.62. The molecule has 6 aromatic carbocycles. The molecule has 2 heteroatoms. The van der Waals surface area contributed by atoms with Gasteiger partial charge in [-0.15, -0.1) is 0 Å². The third-order valence-corrected chi connectivity index (χ3v) is 12.3. The van der Waals surface area contributed by atoms with Gasteiger partial charge < -0.3 is 9.80 Å². The summed E-state index contributed by atoms with van der Waals surface area (Å²) in [4.78, 5) is 4.84. The molecule has 0 saturated heterocycles. The van der Waals surface area contributed by atoms with Crippen molar-refractivity contribution in [3.05, 3.63) is 180 Å². The summed E-state index contributed by atoms with van der Waals surface area (Å²) < 4.78 is 0. The summed E-state index contributed by atoms with van der Waals surface area (Å²) >= 11 is 0. The SMILES string of the molecule is Cc1cc(C2(c3ccc(N(c4ccccc4)c4ccccc4)c(C)c3)C3CC4CC(C3)CC2C4)ccc1N(c1ccccc1)c1ccccc1. The molecule has 0 heterocycles. The van der Waals surface area contributed by atoms with E-state index in [1.54, 1.807) is 0 Å². The summed E-state index contributed by atoms with van der Waals surface area (Å²) in [5.74, 6) is 3.13. The van der Waals surface area contributed by atoms with Gasteiger partial charge in [0, 0.05) is 39.5 Å². The van der Waals surface area contributed by atoms with Crippen LogP contribution >= 0.6 is 0 Å². The van der Waals surface area contributed by atoms with Crippen LogP contribution in [0.2, 0.25) is 0 Å². The van der Waals surface area contributed by atoms with Crippen molar-refractivity contribution in [2.45, 2.75) is 51.4 Å². The summed E-state index contributed by atoms with van der Waals surface area (Å²) in [6, 6.07) is 58.3. The third-order valence-electron chi connectivity index (χ3n) is 12.3. The minimum atomic E-state index is 0.0225. The number of benzene rings is 6. The zero-order chi connectivity index (χ0) is 33.7. The maximum Gasteiger partial charge on any atom is 0.0490 e. The molecule has 2 nitrogen and oxygen atoms in total.